The third-order valence-electron chi connectivity index (χ3n) is 3.36. The van der Waals surface area contributed by atoms with Crippen LogP contribution < -0.4 is 10.2 Å². The lowest BCUT2D eigenvalue weighted by Crippen LogP contribution is -2.29. The van der Waals surface area contributed by atoms with Crippen molar-refractivity contribution in [3.63, 3.8) is 0 Å². The van der Waals surface area contributed by atoms with Crippen molar-refractivity contribution in [2.45, 2.75) is 6.42 Å². The summed E-state index contributed by atoms with van der Waals surface area (Å²) in [5, 5.41) is 4.25. The van der Waals surface area contributed by atoms with Crippen LogP contribution in [0.25, 0.3) is 10.4 Å². The molecular weight excluding hydrogens is 275 g/mol. The Balaban J connectivity index is 2.31. The lowest BCUT2D eigenvalue weighted by atomic mass is 10.1. The average molecular weight is 292 g/mol. The Kier molecular flexibility index (Phi) is 4.17. The van der Waals surface area contributed by atoms with Crippen LogP contribution in [0, 0.1) is 5.92 Å². The van der Waals surface area contributed by atoms with Gasteiger partial charge in [-0.25, -0.2) is 0 Å². The van der Waals surface area contributed by atoms with E-state index in [1.54, 1.807) is 18.2 Å². The molecule has 1 atom stereocenters. The molecule has 1 aromatic rings. The fraction of sp³-hybridized carbons (Fsp3) is 0.462. The molecule has 1 aliphatic rings. The van der Waals surface area contributed by atoms with Crippen LogP contribution in [0.15, 0.2) is 29.4 Å². The van der Waals surface area contributed by atoms with E-state index >= 15 is 0 Å². The molecule has 6 nitrogen and oxygen atoms in total. The maximum Gasteiger partial charge on any atom is 0.227 e. The standard InChI is InChI=1S/C13H17N4O2P/c1-20(2,19)12-6-4-3-5-11(12)17-9-10(7-13(17)18)8-15-16-14/h3-6,10H,7-9H2,1-2H3. The molecule has 0 radical (unpaired) electrons. The van der Waals surface area contributed by atoms with E-state index in [2.05, 4.69) is 10.0 Å². The Morgan fingerprint density at radius 2 is 2.15 bits per heavy atom. The Bertz CT molecular complexity index is 619. The molecule has 20 heavy (non-hydrogen) atoms. The van der Waals surface area contributed by atoms with Crippen LogP contribution in [0.5, 0.6) is 0 Å². The van der Waals surface area contributed by atoms with Crippen LogP contribution >= 0.6 is 7.14 Å². The lowest BCUT2D eigenvalue weighted by Gasteiger charge is -2.22. The van der Waals surface area contributed by atoms with Crippen LogP contribution in [-0.2, 0) is 9.36 Å². The van der Waals surface area contributed by atoms with Crippen LogP contribution in [0.4, 0.5) is 5.69 Å². The van der Waals surface area contributed by atoms with E-state index in [0.29, 0.717) is 25.2 Å². The molecule has 0 aliphatic carbocycles. The summed E-state index contributed by atoms with van der Waals surface area (Å²) in [6.45, 7) is 4.22. The van der Waals surface area contributed by atoms with Gasteiger partial charge >= 0.3 is 0 Å². The lowest BCUT2D eigenvalue weighted by molar-refractivity contribution is -0.117. The highest BCUT2D eigenvalue weighted by atomic mass is 31.2. The first-order chi connectivity index (χ1) is 9.43. The van der Waals surface area contributed by atoms with Crippen molar-refractivity contribution in [3.05, 3.63) is 34.7 Å². The fourth-order valence-electron chi connectivity index (χ4n) is 2.44. The largest absolute Gasteiger partial charge is 0.319 e. The van der Waals surface area contributed by atoms with E-state index in [1.807, 2.05) is 24.3 Å². The molecule has 0 bridgehead atoms. The number of rotatable bonds is 4. The molecule has 1 heterocycles. The quantitative estimate of drug-likeness (QED) is 0.369. The number of carbonyl (C=O) groups is 1. The van der Waals surface area contributed by atoms with Gasteiger partial charge in [-0.1, -0.05) is 17.2 Å². The molecule has 1 aliphatic heterocycles. The predicted octanol–water partition coefficient (Wildman–Crippen LogP) is 2.60. The number of hydrogen-bond donors (Lipinski definition) is 0. The Labute approximate surface area is 117 Å². The van der Waals surface area contributed by atoms with Gasteiger partial charge in [0.2, 0.25) is 5.91 Å². The van der Waals surface area contributed by atoms with Gasteiger partial charge in [0.1, 0.15) is 7.14 Å². The molecule has 1 amide bonds. The maximum atomic E-state index is 12.3. The molecule has 1 fully saturated rings. The monoisotopic (exact) mass is 292 g/mol. The van der Waals surface area contributed by atoms with Gasteiger partial charge in [-0.15, -0.1) is 0 Å². The molecule has 7 heteroatoms. The number of anilines is 1. The van der Waals surface area contributed by atoms with Crippen molar-refractivity contribution < 1.29 is 9.36 Å². The van der Waals surface area contributed by atoms with Crippen molar-refractivity contribution in [2.75, 3.05) is 31.3 Å². The zero-order valence-electron chi connectivity index (χ0n) is 11.6. The van der Waals surface area contributed by atoms with E-state index < -0.39 is 7.14 Å². The number of hydrogen-bond acceptors (Lipinski definition) is 3. The van der Waals surface area contributed by atoms with Gasteiger partial charge in [-0.2, -0.15) is 0 Å². The predicted molar refractivity (Wildman–Crippen MR) is 80.0 cm³/mol. The second-order valence-electron chi connectivity index (χ2n) is 5.33. The normalized spacial score (nSPS) is 19.0. The number of amides is 1. The number of azide groups is 1. The smallest absolute Gasteiger partial charge is 0.227 e. The molecular formula is C13H17N4O2P. The first-order valence-corrected chi connectivity index (χ1v) is 8.99. The van der Waals surface area contributed by atoms with Gasteiger partial charge in [0, 0.05) is 29.7 Å². The molecule has 0 saturated carbocycles. The SMILES string of the molecule is CP(C)(=O)c1ccccc1N1CC(CN=[N+]=[N-])CC1=O. The van der Waals surface area contributed by atoms with E-state index in [1.165, 1.54) is 0 Å². The zero-order valence-corrected chi connectivity index (χ0v) is 12.5. The topological polar surface area (TPSA) is 86.1 Å². The minimum atomic E-state index is -2.45. The Hall–Kier alpha value is -1.77. The number of para-hydroxylation sites is 1. The van der Waals surface area contributed by atoms with Crippen molar-refractivity contribution in [2.24, 2.45) is 11.0 Å². The minimum Gasteiger partial charge on any atom is -0.319 e. The van der Waals surface area contributed by atoms with Gasteiger partial charge < -0.3 is 9.46 Å². The molecule has 1 unspecified atom stereocenters. The van der Waals surface area contributed by atoms with Crippen LogP contribution in [0.1, 0.15) is 6.42 Å². The second-order valence-corrected chi connectivity index (χ2v) is 8.51. The molecule has 0 spiro atoms. The summed E-state index contributed by atoms with van der Waals surface area (Å²) >= 11 is 0. The molecule has 0 N–H and O–H groups in total. The Morgan fingerprint density at radius 3 is 2.80 bits per heavy atom. The molecule has 1 aromatic carbocycles. The molecule has 1 saturated heterocycles. The first kappa shape index (κ1) is 14.6. The third-order valence-corrected chi connectivity index (χ3v) is 4.90. The van der Waals surface area contributed by atoms with Crippen LogP contribution in [-0.4, -0.2) is 32.3 Å². The molecule has 106 valence electrons. The minimum absolute atomic E-state index is 0.0101. The van der Waals surface area contributed by atoms with Crippen molar-refractivity contribution in [3.8, 4) is 0 Å². The highest BCUT2D eigenvalue weighted by molar-refractivity contribution is 7.70. The second kappa shape index (κ2) is 5.70. The van der Waals surface area contributed by atoms with E-state index in [-0.39, 0.29) is 11.8 Å². The van der Waals surface area contributed by atoms with E-state index in [9.17, 15) is 9.36 Å². The average Bonchev–Trinajstić information content (AvgIpc) is 2.76. The highest BCUT2D eigenvalue weighted by Crippen LogP contribution is 2.39. The van der Waals surface area contributed by atoms with Gasteiger partial charge in [0.05, 0.1) is 5.69 Å². The van der Waals surface area contributed by atoms with Gasteiger partial charge in [-0.05, 0) is 36.9 Å². The van der Waals surface area contributed by atoms with Gasteiger partial charge in [-0.3, -0.25) is 4.79 Å². The Morgan fingerprint density at radius 1 is 1.45 bits per heavy atom. The number of nitrogens with zero attached hydrogens (tertiary/aromatic N) is 4. The summed E-state index contributed by atoms with van der Waals surface area (Å²) < 4.78 is 12.3. The number of carbonyl (C=O) groups excluding carboxylic acids is 1. The summed E-state index contributed by atoms with van der Waals surface area (Å²) in [4.78, 5) is 16.5. The summed E-state index contributed by atoms with van der Waals surface area (Å²) in [5.41, 5.74) is 9.07. The summed E-state index contributed by atoms with van der Waals surface area (Å²) in [5.74, 6) is 0.0172. The first-order valence-electron chi connectivity index (χ1n) is 6.39. The molecule has 2 rings (SSSR count). The summed E-state index contributed by atoms with van der Waals surface area (Å²) in [6, 6.07) is 7.30. The summed E-state index contributed by atoms with van der Waals surface area (Å²) in [6.07, 6.45) is 0.366. The van der Waals surface area contributed by atoms with Crippen molar-refractivity contribution >= 4 is 24.0 Å². The highest BCUT2D eigenvalue weighted by Gasteiger charge is 2.32. The van der Waals surface area contributed by atoms with Crippen molar-refractivity contribution in [1.82, 2.24) is 0 Å². The number of benzene rings is 1. The zero-order chi connectivity index (χ0) is 14.8. The van der Waals surface area contributed by atoms with E-state index in [4.69, 9.17) is 5.53 Å². The van der Waals surface area contributed by atoms with Gasteiger partial charge in [0.25, 0.3) is 0 Å². The fourth-order valence-corrected chi connectivity index (χ4v) is 3.63. The maximum absolute atomic E-state index is 12.3. The van der Waals surface area contributed by atoms with E-state index in [0.717, 1.165) is 5.30 Å². The van der Waals surface area contributed by atoms with Crippen LogP contribution in [0.3, 0.4) is 0 Å². The third kappa shape index (κ3) is 3.03. The molecule has 0 aromatic heterocycles. The van der Waals surface area contributed by atoms with Gasteiger partial charge in [0.15, 0.2) is 0 Å². The van der Waals surface area contributed by atoms with Crippen molar-refractivity contribution in [1.29, 1.82) is 0 Å². The summed E-state index contributed by atoms with van der Waals surface area (Å²) in [7, 11) is -2.45. The van der Waals surface area contributed by atoms with Crippen LogP contribution in [0.2, 0.25) is 0 Å².